The zero-order chi connectivity index (χ0) is 19.2. The number of nitrogens with one attached hydrogen (secondary N) is 2. The van der Waals surface area contributed by atoms with Gasteiger partial charge >= 0.3 is 0 Å². The standard InChI is InChI=1S/C20H23BrN2O2S/c1-20(2,3)23-19(26)22-18(24)15-9-10-17(16(21)13-15)25-12-11-14-7-5-4-6-8-14/h4-10,13H,11-12H2,1-3H3,(H2,22,23,24,26). The molecule has 0 atom stereocenters. The quantitative estimate of drug-likeness (QED) is 0.681. The average Bonchev–Trinajstić information content (AvgIpc) is 2.55. The molecule has 26 heavy (non-hydrogen) atoms. The summed E-state index contributed by atoms with van der Waals surface area (Å²) < 4.78 is 6.54. The van der Waals surface area contributed by atoms with Crippen LogP contribution in [0.3, 0.4) is 0 Å². The lowest BCUT2D eigenvalue weighted by molar-refractivity contribution is 0.0976. The van der Waals surface area contributed by atoms with Crippen LogP contribution in [0, 0.1) is 0 Å². The molecule has 0 fully saturated rings. The van der Waals surface area contributed by atoms with Gasteiger partial charge in [0.2, 0.25) is 0 Å². The number of hydrogen-bond donors (Lipinski definition) is 2. The summed E-state index contributed by atoms with van der Waals surface area (Å²) in [6, 6.07) is 15.4. The Morgan fingerprint density at radius 1 is 1.15 bits per heavy atom. The van der Waals surface area contributed by atoms with Gasteiger partial charge in [-0.25, -0.2) is 0 Å². The Morgan fingerprint density at radius 3 is 2.46 bits per heavy atom. The van der Waals surface area contributed by atoms with Crippen LogP contribution >= 0.6 is 28.1 Å². The second-order valence-corrected chi connectivity index (χ2v) is 8.15. The largest absolute Gasteiger partial charge is 0.492 e. The van der Waals surface area contributed by atoms with Crippen LogP contribution in [0.5, 0.6) is 5.75 Å². The van der Waals surface area contributed by atoms with Gasteiger partial charge < -0.3 is 10.1 Å². The Labute approximate surface area is 168 Å². The smallest absolute Gasteiger partial charge is 0.257 e. The van der Waals surface area contributed by atoms with Gasteiger partial charge in [0.05, 0.1) is 11.1 Å². The third-order valence-electron chi connectivity index (χ3n) is 3.40. The van der Waals surface area contributed by atoms with Crippen LogP contribution in [0.25, 0.3) is 0 Å². The van der Waals surface area contributed by atoms with E-state index in [0.717, 1.165) is 10.9 Å². The molecule has 0 aliphatic carbocycles. The first-order chi connectivity index (χ1) is 12.2. The lowest BCUT2D eigenvalue weighted by Gasteiger charge is -2.22. The minimum Gasteiger partial charge on any atom is -0.492 e. The van der Waals surface area contributed by atoms with Gasteiger partial charge in [0.25, 0.3) is 5.91 Å². The molecule has 0 bridgehead atoms. The van der Waals surface area contributed by atoms with Crippen molar-refractivity contribution >= 4 is 39.2 Å². The van der Waals surface area contributed by atoms with Gasteiger partial charge in [-0.1, -0.05) is 30.3 Å². The Kier molecular flexibility index (Phi) is 7.17. The maximum atomic E-state index is 12.3. The molecular formula is C20H23BrN2O2S. The average molecular weight is 435 g/mol. The van der Waals surface area contributed by atoms with Crippen molar-refractivity contribution in [3.63, 3.8) is 0 Å². The van der Waals surface area contributed by atoms with Crippen molar-refractivity contribution in [2.75, 3.05) is 6.61 Å². The summed E-state index contributed by atoms with van der Waals surface area (Å²) in [6.07, 6.45) is 0.822. The second-order valence-electron chi connectivity index (χ2n) is 6.89. The minimum atomic E-state index is -0.261. The number of rotatable bonds is 5. The Balaban J connectivity index is 1.91. The predicted molar refractivity (Wildman–Crippen MR) is 113 cm³/mol. The molecular weight excluding hydrogens is 412 g/mol. The highest BCUT2D eigenvalue weighted by atomic mass is 79.9. The molecule has 0 spiro atoms. The van der Waals surface area contributed by atoms with E-state index >= 15 is 0 Å². The van der Waals surface area contributed by atoms with Crippen molar-refractivity contribution in [2.24, 2.45) is 0 Å². The van der Waals surface area contributed by atoms with Crippen LogP contribution in [0.2, 0.25) is 0 Å². The molecule has 6 heteroatoms. The van der Waals surface area contributed by atoms with E-state index in [1.807, 2.05) is 39.0 Å². The van der Waals surface area contributed by atoms with Gasteiger partial charge in [-0.05, 0) is 72.7 Å². The van der Waals surface area contributed by atoms with E-state index in [2.05, 4.69) is 38.7 Å². The summed E-state index contributed by atoms with van der Waals surface area (Å²) in [5.74, 6) is 0.441. The van der Waals surface area contributed by atoms with E-state index in [9.17, 15) is 4.79 Å². The molecule has 2 rings (SSSR count). The zero-order valence-corrected chi connectivity index (χ0v) is 17.5. The molecule has 0 radical (unpaired) electrons. The summed E-state index contributed by atoms with van der Waals surface area (Å²) in [4.78, 5) is 12.3. The Morgan fingerprint density at radius 2 is 1.85 bits per heavy atom. The third-order valence-corrected chi connectivity index (χ3v) is 4.22. The van der Waals surface area contributed by atoms with Crippen LogP contribution in [-0.2, 0) is 6.42 Å². The maximum Gasteiger partial charge on any atom is 0.257 e. The summed E-state index contributed by atoms with van der Waals surface area (Å²) in [6.45, 7) is 6.49. The first-order valence-electron chi connectivity index (χ1n) is 8.34. The van der Waals surface area contributed by atoms with E-state index in [0.29, 0.717) is 23.0 Å². The number of carbonyl (C=O) groups excluding carboxylic acids is 1. The zero-order valence-electron chi connectivity index (χ0n) is 15.1. The highest BCUT2D eigenvalue weighted by Gasteiger charge is 2.15. The molecule has 0 aliphatic rings. The fourth-order valence-electron chi connectivity index (χ4n) is 2.23. The fourth-order valence-corrected chi connectivity index (χ4v) is 3.12. The van der Waals surface area contributed by atoms with Crippen molar-refractivity contribution in [3.8, 4) is 5.75 Å². The summed E-state index contributed by atoms with van der Waals surface area (Å²) >= 11 is 8.62. The maximum absolute atomic E-state index is 12.3. The highest BCUT2D eigenvalue weighted by molar-refractivity contribution is 9.10. The van der Waals surface area contributed by atoms with Gasteiger partial charge in [0.1, 0.15) is 5.75 Å². The van der Waals surface area contributed by atoms with Gasteiger partial charge in [0, 0.05) is 17.5 Å². The van der Waals surface area contributed by atoms with Crippen molar-refractivity contribution in [1.82, 2.24) is 10.6 Å². The van der Waals surface area contributed by atoms with E-state index in [1.54, 1.807) is 18.2 Å². The van der Waals surface area contributed by atoms with Crippen molar-refractivity contribution in [3.05, 3.63) is 64.1 Å². The van der Waals surface area contributed by atoms with Crippen molar-refractivity contribution in [1.29, 1.82) is 0 Å². The van der Waals surface area contributed by atoms with Crippen molar-refractivity contribution in [2.45, 2.75) is 32.7 Å². The molecule has 0 heterocycles. The number of amides is 1. The lowest BCUT2D eigenvalue weighted by Crippen LogP contribution is -2.48. The monoisotopic (exact) mass is 434 g/mol. The second kappa shape index (κ2) is 9.14. The molecule has 2 aromatic rings. The lowest BCUT2D eigenvalue weighted by atomic mass is 10.1. The Hall–Kier alpha value is -1.92. The van der Waals surface area contributed by atoms with Crippen molar-refractivity contribution < 1.29 is 9.53 Å². The molecule has 1 amide bonds. The van der Waals surface area contributed by atoms with Crippen LogP contribution in [0.4, 0.5) is 0 Å². The van der Waals surface area contributed by atoms with Gasteiger partial charge in [-0.3, -0.25) is 10.1 Å². The van der Waals surface area contributed by atoms with E-state index < -0.39 is 0 Å². The molecule has 0 saturated heterocycles. The SMILES string of the molecule is CC(C)(C)NC(=S)NC(=O)c1ccc(OCCc2ccccc2)c(Br)c1. The highest BCUT2D eigenvalue weighted by Crippen LogP contribution is 2.26. The predicted octanol–water partition coefficient (Wildman–Crippen LogP) is 4.47. The molecule has 138 valence electrons. The first kappa shape index (κ1) is 20.4. The van der Waals surface area contributed by atoms with Crippen LogP contribution in [0.15, 0.2) is 53.0 Å². The van der Waals surface area contributed by atoms with Crippen LogP contribution < -0.4 is 15.4 Å². The summed E-state index contributed by atoms with van der Waals surface area (Å²) in [5.41, 5.74) is 1.52. The third kappa shape index (κ3) is 6.77. The van der Waals surface area contributed by atoms with Crippen LogP contribution in [-0.4, -0.2) is 23.2 Å². The van der Waals surface area contributed by atoms with E-state index in [-0.39, 0.29) is 11.4 Å². The molecule has 4 nitrogen and oxygen atoms in total. The van der Waals surface area contributed by atoms with Crippen LogP contribution in [0.1, 0.15) is 36.7 Å². The van der Waals surface area contributed by atoms with Gasteiger partial charge in [-0.2, -0.15) is 0 Å². The number of benzene rings is 2. The van der Waals surface area contributed by atoms with Gasteiger partial charge in [-0.15, -0.1) is 0 Å². The Bertz CT molecular complexity index is 773. The number of ether oxygens (including phenoxy) is 1. The number of halogens is 1. The fraction of sp³-hybridized carbons (Fsp3) is 0.300. The topological polar surface area (TPSA) is 50.4 Å². The number of thiocarbonyl (C=S) groups is 1. The van der Waals surface area contributed by atoms with E-state index in [4.69, 9.17) is 17.0 Å². The van der Waals surface area contributed by atoms with Gasteiger partial charge in [0.15, 0.2) is 5.11 Å². The van der Waals surface area contributed by atoms with E-state index in [1.165, 1.54) is 5.56 Å². The molecule has 2 aromatic carbocycles. The number of carbonyl (C=O) groups is 1. The molecule has 0 aromatic heterocycles. The summed E-state index contributed by atoms with van der Waals surface area (Å²) in [5, 5.41) is 6.04. The molecule has 0 saturated carbocycles. The summed E-state index contributed by atoms with van der Waals surface area (Å²) in [7, 11) is 0. The molecule has 0 aliphatic heterocycles. The minimum absolute atomic E-state index is 0.207. The first-order valence-corrected chi connectivity index (χ1v) is 9.54. The number of hydrogen-bond acceptors (Lipinski definition) is 3. The normalized spacial score (nSPS) is 10.9. The molecule has 0 unspecified atom stereocenters. The molecule has 2 N–H and O–H groups in total.